The van der Waals surface area contributed by atoms with Crippen LogP contribution < -0.4 is 15.2 Å². The number of esters is 1. The van der Waals surface area contributed by atoms with Crippen molar-refractivity contribution in [1.82, 2.24) is 0 Å². The molecule has 4 rings (SSSR count). The summed E-state index contributed by atoms with van der Waals surface area (Å²) in [6.07, 6.45) is 13.5. The van der Waals surface area contributed by atoms with E-state index in [2.05, 4.69) is 30.4 Å². The molecule has 2 heteroatoms. The molecule has 0 saturated heterocycles. The van der Waals surface area contributed by atoms with Crippen LogP contribution in [0.5, 0.6) is 5.75 Å². The van der Waals surface area contributed by atoms with Crippen molar-refractivity contribution >= 4 is 18.1 Å². The number of fused-ring (bicyclic) bond motifs is 5. The van der Waals surface area contributed by atoms with E-state index in [9.17, 15) is 4.79 Å². The van der Waals surface area contributed by atoms with E-state index in [-0.39, 0.29) is 5.97 Å². The normalized spacial score (nSPS) is 18.6. The third-order valence-corrected chi connectivity index (χ3v) is 3.48. The molecule has 1 aromatic carbocycles. The molecule has 1 aromatic rings. The maximum atomic E-state index is 11.6. The van der Waals surface area contributed by atoms with Crippen LogP contribution in [-0.2, 0) is 0 Å². The average Bonchev–Trinajstić information content (AvgIpc) is 2.35. The third-order valence-electron chi connectivity index (χ3n) is 3.48. The molecule has 0 aromatic heterocycles. The molecular weight excluding hydrogens is 224 g/mol. The number of hydrogen-bond donors (Lipinski definition) is 0. The van der Waals surface area contributed by atoms with Crippen molar-refractivity contribution in [3.8, 4) is 5.75 Å². The van der Waals surface area contributed by atoms with Gasteiger partial charge in [0.15, 0.2) is 0 Å². The Morgan fingerprint density at radius 1 is 1.06 bits per heavy atom. The number of allylic oxidation sites excluding steroid dienone is 6. The summed E-state index contributed by atoms with van der Waals surface area (Å²) in [5, 5.41) is 2.06. The lowest BCUT2D eigenvalue weighted by atomic mass is 9.94. The summed E-state index contributed by atoms with van der Waals surface area (Å²) in [5.41, 5.74) is 3.24. The minimum atomic E-state index is -0.219. The highest BCUT2D eigenvalue weighted by Gasteiger charge is 2.27. The minimum absolute atomic E-state index is 0.219. The Morgan fingerprint density at radius 2 is 2.00 bits per heavy atom. The van der Waals surface area contributed by atoms with Crippen LogP contribution in [0.3, 0.4) is 0 Å². The van der Waals surface area contributed by atoms with E-state index in [4.69, 9.17) is 4.74 Å². The summed E-state index contributed by atoms with van der Waals surface area (Å²) in [5.74, 6) is 0.475. The zero-order valence-corrected chi connectivity index (χ0v) is 9.64. The third kappa shape index (κ3) is 1.26. The van der Waals surface area contributed by atoms with Crippen LogP contribution in [0, 0.1) is 0 Å². The Kier molecular flexibility index (Phi) is 1.78. The quantitative estimate of drug-likeness (QED) is 0.637. The van der Waals surface area contributed by atoms with Gasteiger partial charge >= 0.3 is 5.97 Å². The molecule has 86 valence electrons. The fourth-order valence-electron chi connectivity index (χ4n) is 2.56. The second-order valence-electron chi connectivity index (χ2n) is 4.66. The Balaban J connectivity index is 2.14. The highest BCUT2D eigenvalue weighted by Crippen LogP contribution is 2.25. The van der Waals surface area contributed by atoms with Crippen molar-refractivity contribution in [1.29, 1.82) is 0 Å². The van der Waals surface area contributed by atoms with Gasteiger partial charge in [0.1, 0.15) is 11.3 Å². The Morgan fingerprint density at radius 3 is 2.89 bits per heavy atom. The number of carbonyl (C=O) groups excluding carboxylic acids is 1. The van der Waals surface area contributed by atoms with Gasteiger partial charge in [-0.05, 0) is 34.9 Å². The van der Waals surface area contributed by atoms with Crippen molar-refractivity contribution in [2.75, 3.05) is 0 Å². The van der Waals surface area contributed by atoms with Crippen LogP contribution in [-0.4, -0.2) is 5.97 Å². The summed E-state index contributed by atoms with van der Waals surface area (Å²) >= 11 is 0. The van der Waals surface area contributed by atoms with Gasteiger partial charge in [-0.15, -0.1) is 0 Å². The number of carbonyl (C=O) groups is 1. The number of ether oxygens (including phenoxy) is 1. The second-order valence-corrected chi connectivity index (χ2v) is 4.66. The lowest BCUT2D eigenvalue weighted by Crippen LogP contribution is -2.38. The number of hydrogen-bond acceptors (Lipinski definition) is 2. The largest absolute Gasteiger partial charge is 0.422 e. The Hall–Kier alpha value is -2.35. The highest BCUT2D eigenvalue weighted by atomic mass is 16.6. The molecule has 0 saturated carbocycles. The van der Waals surface area contributed by atoms with Gasteiger partial charge in [0, 0.05) is 5.22 Å². The molecule has 2 bridgehead atoms. The fourth-order valence-corrected chi connectivity index (χ4v) is 2.56. The Labute approximate surface area is 104 Å². The maximum absolute atomic E-state index is 11.6. The van der Waals surface area contributed by atoms with Crippen molar-refractivity contribution in [2.24, 2.45) is 0 Å². The van der Waals surface area contributed by atoms with Gasteiger partial charge < -0.3 is 4.74 Å². The molecule has 0 spiro atoms. The predicted octanol–water partition coefficient (Wildman–Crippen LogP) is 1.61. The number of rotatable bonds is 0. The van der Waals surface area contributed by atoms with E-state index in [0.29, 0.717) is 5.75 Å². The zero-order valence-electron chi connectivity index (χ0n) is 9.64. The first-order valence-electron chi connectivity index (χ1n) is 5.96. The predicted molar refractivity (Wildman–Crippen MR) is 69.5 cm³/mol. The first-order valence-corrected chi connectivity index (χ1v) is 5.96. The Bertz CT molecular complexity index is 789. The van der Waals surface area contributed by atoms with E-state index in [1.165, 1.54) is 11.1 Å². The number of benzene rings is 1. The molecule has 0 fully saturated rings. The maximum Gasteiger partial charge on any atom is 0.348 e. The van der Waals surface area contributed by atoms with Gasteiger partial charge in [0.2, 0.25) is 0 Å². The van der Waals surface area contributed by atoms with Gasteiger partial charge in [0.05, 0.1) is 0 Å². The zero-order chi connectivity index (χ0) is 12.1. The molecule has 0 atom stereocenters. The monoisotopic (exact) mass is 234 g/mol. The summed E-state index contributed by atoms with van der Waals surface area (Å²) < 4.78 is 5.01. The van der Waals surface area contributed by atoms with Crippen LogP contribution in [0.15, 0.2) is 47.6 Å². The van der Waals surface area contributed by atoms with Gasteiger partial charge in [0.25, 0.3) is 0 Å². The summed E-state index contributed by atoms with van der Waals surface area (Å²) in [4.78, 5) is 11.6. The molecular formula is C16H10O2. The van der Waals surface area contributed by atoms with Crippen molar-refractivity contribution < 1.29 is 9.53 Å². The SMILES string of the molecule is O=C1Oc2ccc3c(c21)=CC1=CC=CC(=CC=3)C1. The first-order chi connectivity index (χ1) is 8.81. The smallest absolute Gasteiger partial charge is 0.348 e. The van der Waals surface area contributed by atoms with Crippen LogP contribution in [0.2, 0.25) is 0 Å². The topological polar surface area (TPSA) is 26.3 Å². The molecule has 2 nitrogen and oxygen atoms in total. The van der Waals surface area contributed by atoms with Crippen LogP contribution in [0.1, 0.15) is 16.8 Å². The average molecular weight is 234 g/mol. The fraction of sp³-hybridized carbons (Fsp3) is 0.0625. The van der Waals surface area contributed by atoms with E-state index in [0.717, 1.165) is 22.4 Å². The molecule has 2 aliphatic carbocycles. The van der Waals surface area contributed by atoms with E-state index in [1.807, 2.05) is 18.2 Å². The highest BCUT2D eigenvalue weighted by molar-refractivity contribution is 6.01. The molecule has 0 radical (unpaired) electrons. The van der Waals surface area contributed by atoms with Crippen LogP contribution in [0.25, 0.3) is 12.2 Å². The van der Waals surface area contributed by atoms with Crippen molar-refractivity contribution in [2.45, 2.75) is 6.42 Å². The van der Waals surface area contributed by atoms with Crippen LogP contribution >= 0.6 is 0 Å². The second kappa shape index (κ2) is 3.33. The lowest BCUT2D eigenvalue weighted by molar-refractivity contribution is 0.0656. The molecule has 1 aliphatic heterocycles. The molecule has 0 N–H and O–H groups in total. The summed E-state index contributed by atoms with van der Waals surface area (Å²) in [7, 11) is 0. The van der Waals surface area contributed by atoms with Gasteiger partial charge in [-0.3, -0.25) is 0 Å². The van der Waals surface area contributed by atoms with E-state index < -0.39 is 0 Å². The minimum Gasteiger partial charge on any atom is -0.422 e. The van der Waals surface area contributed by atoms with Gasteiger partial charge in [-0.2, -0.15) is 0 Å². The summed E-state index contributed by atoms with van der Waals surface area (Å²) in [6.45, 7) is 0. The molecule has 18 heavy (non-hydrogen) atoms. The first kappa shape index (κ1) is 9.66. The lowest BCUT2D eigenvalue weighted by Gasteiger charge is -2.19. The van der Waals surface area contributed by atoms with Crippen molar-refractivity contribution in [3.63, 3.8) is 0 Å². The van der Waals surface area contributed by atoms with E-state index >= 15 is 0 Å². The molecule has 0 amide bonds. The van der Waals surface area contributed by atoms with Crippen LogP contribution in [0.4, 0.5) is 0 Å². The standard InChI is InChI=1S/C16H10O2/c17-16-15-13-9-11-3-1-2-10(8-11)4-5-12(13)6-7-14(15)18-16/h1-7,9H,8H2. The molecule has 0 unspecified atom stereocenters. The van der Waals surface area contributed by atoms with Gasteiger partial charge in [-0.1, -0.05) is 36.4 Å². The summed E-state index contributed by atoms with van der Waals surface area (Å²) in [6, 6.07) is 3.86. The molecule has 3 aliphatic rings. The van der Waals surface area contributed by atoms with E-state index in [1.54, 1.807) is 0 Å². The van der Waals surface area contributed by atoms with Crippen molar-refractivity contribution in [3.05, 3.63) is 63.6 Å². The van der Waals surface area contributed by atoms with Gasteiger partial charge in [-0.25, -0.2) is 4.79 Å². The molecule has 1 heterocycles.